The molecule has 144 valence electrons. The summed E-state index contributed by atoms with van der Waals surface area (Å²) in [7, 11) is 0. The molecule has 0 aliphatic carbocycles. The third-order valence-corrected chi connectivity index (χ3v) is 6.11. The van der Waals surface area contributed by atoms with E-state index in [1.807, 2.05) is 24.3 Å². The van der Waals surface area contributed by atoms with Crippen LogP contribution in [0.5, 0.6) is 0 Å². The van der Waals surface area contributed by atoms with E-state index in [0.29, 0.717) is 19.2 Å². The summed E-state index contributed by atoms with van der Waals surface area (Å²) in [6.07, 6.45) is 0.786. The fourth-order valence-electron chi connectivity index (χ4n) is 3.66. The number of anilines is 1. The standard InChI is InChI=1S/C20H21N5O2S/c1-2-17-21-14-5-3-4-6-16(14)25(17)20-22-15-11-13(12-26)28-18(15)19(23-20)24-7-9-27-10-8-24/h3-6,11,26H,2,7-10,12H2,1H3. The van der Waals surface area contributed by atoms with Crippen LogP contribution in [-0.4, -0.2) is 50.9 Å². The van der Waals surface area contributed by atoms with E-state index in [1.54, 1.807) is 11.3 Å². The summed E-state index contributed by atoms with van der Waals surface area (Å²) in [4.78, 5) is 17.7. The van der Waals surface area contributed by atoms with Gasteiger partial charge in [0.1, 0.15) is 5.82 Å². The zero-order chi connectivity index (χ0) is 19.1. The Labute approximate surface area is 166 Å². The van der Waals surface area contributed by atoms with Gasteiger partial charge in [0.15, 0.2) is 5.82 Å². The molecule has 8 heteroatoms. The molecule has 4 aromatic rings. The van der Waals surface area contributed by atoms with Gasteiger partial charge in [-0.2, -0.15) is 4.98 Å². The first-order chi connectivity index (χ1) is 13.8. The van der Waals surface area contributed by atoms with Crippen LogP contribution in [-0.2, 0) is 17.8 Å². The molecule has 0 spiro atoms. The summed E-state index contributed by atoms with van der Waals surface area (Å²) in [6, 6.07) is 10.0. The maximum Gasteiger partial charge on any atom is 0.238 e. The van der Waals surface area contributed by atoms with Crippen LogP contribution in [0.25, 0.3) is 27.2 Å². The number of aryl methyl sites for hydroxylation is 1. The summed E-state index contributed by atoms with van der Waals surface area (Å²) in [5, 5.41) is 9.63. The lowest BCUT2D eigenvalue weighted by Crippen LogP contribution is -2.37. The molecule has 3 aromatic heterocycles. The Bertz CT molecular complexity index is 1150. The Balaban J connectivity index is 1.76. The summed E-state index contributed by atoms with van der Waals surface area (Å²) < 4.78 is 8.58. The second kappa shape index (κ2) is 7.12. The van der Waals surface area contributed by atoms with Crippen LogP contribution in [0.15, 0.2) is 30.3 Å². The minimum absolute atomic E-state index is 0.00707. The van der Waals surface area contributed by atoms with Gasteiger partial charge in [0.2, 0.25) is 5.95 Å². The maximum absolute atomic E-state index is 9.63. The molecule has 28 heavy (non-hydrogen) atoms. The normalized spacial score (nSPS) is 15.0. The van der Waals surface area contributed by atoms with Gasteiger partial charge in [-0.15, -0.1) is 11.3 Å². The van der Waals surface area contributed by atoms with Crippen molar-refractivity contribution in [1.29, 1.82) is 0 Å². The minimum Gasteiger partial charge on any atom is -0.391 e. The largest absolute Gasteiger partial charge is 0.391 e. The Morgan fingerprint density at radius 3 is 2.71 bits per heavy atom. The predicted octanol–water partition coefficient (Wildman–Crippen LogP) is 2.92. The molecule has 7 nitrogen and oxygen atoms in total. The molecule has 0 amide bonds. The van der Waals surface area contributed by atoms with E-state index in [1.165, 1.54) is 0 Å². The fourth-order valence-corrected chi connectivity index (χ4v) is 4.63. The first-order valence-electron chi connectivity index (χ1n) is 9.49. The highest BCUT2D eigenvalue weighted by atomic mass is 32.1. The monoisotopic (exact) mass is 395 g/mol. The van der Waals surface area contributed by atoms with Crippen molar-refractivity contribution in [2.24, 2.45) is 0 Å². The predicted molar refractivity (Wildman–Crippen MR) is 110 cm³/mol. The first-order valence-corrected chi connectivity index (χ1v) is 10.3. The van der Waals surface area contributed by atoms with Gasteiger partial charge < -0.3 is 14.7 Å². The SMILES string of the molecule is CCc1nc2ccccc2n1-c1nc(N2CCOCC2)c2sc(CO)cc2n1. The molecule has 0 unspecified atom stereocenters. The number of aromatic nitrogens is 4. The molecule has 1 aromatic carbocycles. The van der Waals surface area contributed by atoms with E-state index in [-0.39, 0.29) is 6.61 Å². The molecule has 0 bridgehead atoms. The number of ether oxygens (including phenoxy) is 1. The van der Waals surface area contributed by atoms with E-state index in [4.69, 9.17) is 19.7 Å². The molecule has 1 aliphatic heterocycles. The quantitative estimate of drug-likeness (QED) is 0.573. The number of morpholine rings is 1. The highest BCUT2D eigenvalue weighted by Gasteiger charge is 2.22. The summed E-state index contributed by atoms with van der Waals surface area (Å²) in [5.41, 5.74) is 2.81. The van der Waals surface area contributed by atoms with E-state index in [9.17, 15) is 5.11 Å². The highest BCUT2D eigenvalue weighted by molar-refractivity contribution is 7.19. The Morgan fingerprint density at radius 2 is 1.93 bits per heavy atom. The Morgan fingerprint density at radius 1 is 1.11 bits per heavy atom. The lowest BCUT2D eigenvalue weighted by atomic mass is 10.3. The van der Waals surface area contributed by atoms with Crippen LogP contribution in [0.3, 0.4) is 0 Å². The number of aliphatic hydroxyl groups is 1. The van der Waals surface area contributed by atoms with Gasteiger partial charge in [-0.3, -0.25) is 4.57 Å². The van der Waals surface area contributed by atoms with Gasteiger partial charge in [-0.05, 0) is 18.2 Å². The molecule has 0 radical (unpaired) electrons. The molecule has 1 aliphatic rings. The Hall–Kier alpha value is -2.55. The number of rotatable bonds is 4. The van der Waals surface area contributed by atoms with Crippen LogP contribution in [0.1, 0.15) is 17.6 Å². The van der Waals surface area contributed by atoms with Gasteiger partial charge >= 0.3 is 0 Å². The van der Waals surface area contributed by atoms with Crippen LogP contribution in [0, 0.1) is 0 Å². The fraction of sp³-hybridized carbons (Fsp3) is 0.350. The van der Waals surface area contributed by atoms with Crippen molar-refractivity contribution in [2.45, 2.75) is 20.0 Å². The first kappa shape index (κ1) is 17.5. The summed E-state index contributed by atoms with van der Waals surface area (Å²) in [6.45, 7) is 5.06. The number of para-hydroxylation sites is 2. The second-order valence-corrected chi connectivity index (χ2v) is 7.87. The molecule has 5 rings (SSSR count). The zero-order valence-electron chi connectivity index (χ0n) is 15.6. The number of aliphatic hydroxyl groups excluding tert-OH is 1. The van der Waals surface area contributed by atoms with Crippen LogP contribution in [0.2, 0.25) is 0 Å². The number of thiophene rings is 1. The average molecular weight is 395 g/mol. The highest BCUT2D eigenvalue weighted by Crippen LogP contribution is 2.34. The minimum atomic E-state index is 0.00707. The van der Waals surface area contributed by atoms with Crippen molar-refractivity contribution >= 4 is 38.4 Å². The molecular formula is C20H21N5O2S. The van der Waals surface area contributed by atoms with Gasteiger partial charge in [0, 0.05) is 24.4 Å². The van der Waals surface area contributed by atoms with Gasteiger partial charge in [-0.25, -0.2) is 9.97 Å². The molecule has 1 N–H and O–H groups in total. The molecule has 0 saturated carbocycles. The van der Waals surface area contributed by atoms with E-state index < -0.39 is 0 Å². The van der Waals surface area contributed by atoms with Gasteiger partial charge in [-0.1, -0.05) is 19.1 Å². The average Bonchev–Trinajstić information content (AvgIpc) is 3.34. The Kier molecular flexibility index (Phi) is 4.46. The van der Waals surface area contributed by atoms with Crippen molar-refractivity contribution in [2.75, 3.05) is 31.2 Å². The van der Waals surface area contributed by atoms with Crippen molar-refractivity contribution in [1.82, 2.24) is 19.5 Å². The van der Waals surface area contributed by atoms with Crippen LogP contribution < -0.4 is 4.90 Å². The molecule has 0 atom stereocenters. The molecular weight excluding hydrogens is 374 g/mol. The number of nitrogens with zero attached hydrogens (tertiary/aromatic N) is 5. The van der Waals surface area contributed by atoms with Crippen molar-refractivity contribution in [3.05, 3.63) is 41.0 Å². The lowest BCUT2D eigenvalue weighted by Gasteiger charge is -2.28. The number of benzene rings is 1. The van der Waals surface area contributed by atoms with Crippen molar-refractivity contribution in [3.8, 4) is 5.95 Å². The van der Waals surface area contributed by atoms with Gasteiger partial charge in [0.05, 0.1) is 41.1 Å². The molecule has 4 heterocycles. The number of imidazole rings is 1. The van der Waals surface area contributed by atoms with Crippen LogP contribution in [0.4, 0.5) is 5.82 Å². The number of fused-ring (bicyclic) bond motifs is 2. The summed E-state index contributed by atoms with van der Waals surface area (Å²) in [5.74, 6) is 2.47. The topological polar surface area (TPSA) is 76.3 Å². The second-order valence-electron chi connectivity index (χ2n) is 6.74. The van der Waals surface area contributed by atoms with Crippen LogP contribution >= 0.6 is 11.3 Å². The number of hydrogen-bond acceptors (Lipinski definition) is 7. The third-order valence-electron chi connectivity index (χ3n) is 5.01. The molecule has 1 fully saturated rings. The zero-order valence-corrected chi connectivity index (χ0v) is 16.4. The van der Waals surface area contributed by atoms with E-state index >= 15 is 0 Å². The van der Waals surface area contributed by atoms with E-state index in [2.05, 4.69) is 22.5 Å². The van der Waals surface area contributed by atoms with Crippen molar-refractivity contribution in [3.63, 3.8) is 0 Å². The maximum atomic E-state index is 9.63. The lowest BCUT2D eigenvalue weighted by molar-refractivity contribution is 0.122. The van der Waals surface area contributed by atoms with E-state index in [0.717, 1.165) is 57.3 Å². The van der Waals surface area contributed by atoms with Crippen molar-refractivity contribution < 1.29 is 9.84 Å². The molecule has 1 saturated heterocycles. The smallest absolute Gasteiger partial charge is 0.238 e. The van der Waals surface area contributed by atoms with Gasteiger partial charge in [0.25, 0.3) is 0 Å². The summed E-state index contributed by atoms with van der Waals surface area (Å²) >= 11 is 1.55. The number of hydrogen-bond donors (Lipinski definition) is 1. The third kappa shape index (κ3) is 2.85.